The Morgan fingerprint density at radius 1 is 0.395 bits per heavy atom. The summed E-state index contributed by atoms with van der Waals surface area (Å²) in [5.41, 5.74) is 2.48. The SMILES string of the molecule is Fc1[c-]c(-c2ccccn2)cc(F)c1.Fc1[c-]c(-c2ccccn2)cc(F)c1.Fc1[c-]c(-c2ccccn2)cc(F)c1.[Ir+3]. The standard InChI is InChI=1S/3C11H6F2N.Ir/c3*12-9-5-8(6-10(13)7-9)11-3-1-2-4-14-11;/h3*1-5,7H;/q3*-1;+3. The first-order valence-electron chi connectivity index (χ1n) is 12.2. The zero-order chi connectivity index (χ0) is 29.9. The second-order valence-corrected chi connectivity index (χ2v) is 8.33. The molecule has 6 aromatic rings. The fraction of sp³-hybridized carbons (Fsp3) is 0. The van der Waals surface area contributed by atoms with Crippen LogP contribution in [0, 0.1) is 53.1 Å². The predicted octanol–water partition coefficient (Wildman–Crippen LogP) is 8.48. The van der Waals surface area contributed by atoms with Gasteiger partial charge in [-0.3, -0.25) is 0 Å². The third-order valence-electron chi connectivity index (χ3n) is 5.23. The third kappa shape index (κ3) is 10.3. The molecular weight excluding hydrogens is 745 g/mol. The van der Waals surface area contributed by atoms with Crippen molar-refractivity contribution in [1.82, 2.24) is 15.0 Å². The number of hydrogen-bond acceptors (Lipinski definition) is 3. The first-order chi connectivity index (χ1) is 20.3. The summed E-state index contributed by atoms with van der Waals surface area (Å²) in [4.78, 5) is 11.9. The van der Waals surface area contributed by atoms with Crippen molar-refractivity contribution in [2.24, 2.45) is 0 Å². The quantitative estimate of drug-likeness (QED) is 0.134. The molecular formula is C33H18F6IrN3. The minimum absolute atomic E-state index is 0. The second kappa shape index (κ2) is 16.1. The van der Waals surface area contributed by atoms with Gasteiger partial charge in [-0.25, -0.2) is 26.3 Å². The average molecular weight is 763 g/mol. The van der Waals surface area contributed by atoms with E-state index in [1.165, 1.54) is 18.2 Å². The molecule has 0 aliphatic carbocycles. The normalized spacial score (nSPS) is 9.91. The van der Waals surface area contributed by atoms with Crippen molar-refractivity contribution in [2.45, 2.75) is 0 Å². The molecule has 6 rings (SSSR count). The Morgan fingerprint density at radius 3 is 0.884 bits per heavy atom. The summed E-state index contributed by atoms with van der Waals surface area (Å²) in [6, 6.07) is 28.6. The molecule has 0 aliphatic rings. The average Bonchev–Trinajstić information content (AvgIpc) is 2.98. The van der Waals surface area contributed by atoms with Gasteiger partial charge >= 0.3 is 20.1 Å². The number of pyridine rings is 3. The zero-order valence-corrected chi connectivity index (χ0v) is 24.2. The number of hydrogen-bond donors (Lipinski definition) is 0. The Labute approximate surface area is 257 Å². The van der Waals surface area contributed by atoms with Gasteiger partial charge < -0.3 is 15.0 Å². The van der Waals surface area contributed by atoms with Gasteiger partial charge in [0.1, 0.15) is 0 Å². The Kier molecular flexibility index (Phi) is 12.3. The van der Waals surface area contributed by atoms with Crippen molar-refractivity contribution < 1.29 is 46.4 Å². The van der Waals surface area contributed by atoms with Crippen LogP contribution < -0.4 is 0 Å². The van der Waals surface area contributed by atoms with Gasteiger partial charge in [-0.1, -0.05) is 54.6 Å². The van der Waals surface area contributed by atoms with E-state index < -0.39 is 34.9 Å². The van der Waals surface area contributed by atoms with E-state index in [0.717, 1.165) is 18.2 Å². The molecule has 0 atom stereocenters. The fourth-order valence-corrected chi connectivity index (χ4v) is 3.48. The molecule has 3 aromatic heterocycles. The van der Waals surface area contributed by atoms with Crippen LogP contribution in [0.2, 0.25) is 0 Å². The van der Waals surface area contributed by atoms with E-state index in [4.69, 9.17) is 0 Å². The van der Waals surface area contributed by atoms with Gasteiger partial charge in [0.15, 0.2) is 0 Å². The van der Waals surface area contributed by atoms with E-state index in [0.29, 0.717) is 33.8 Å². The van der Waals surface area contributed by atoms with Crippen molar-refractivity contribution in [3.05, 3.63) is 163 Å². The third-order valence-corrected chi connectivity index (χ3v) is 5.23. The monoisotopic (exact) mass is 763 g/mol. The van der Waals surface area contributed by atoms with Crippen LogP contribution in [0.25, 0.3) is 33.8 Å². The van der Waals surface area contributed by atoms with Crippen LogP contribution in [0.15, 0.2) is 110 Å². The molecule has 216 valence electrons. The van der Waals surface area contributed by atoms with Crippen molar-refractivity contribution in [1.29, 1.82) is 0 Å². The van der Waals surface area contributed by atoms with Crippen LogP contribution in [0.5, 0.6) is 0 Å². The van der Waals surface area contributed by atoms with E-state index in [9.17, 15) is 26.3 Å². The largest absolute Gasteiger partial charge is 3.00 e. The summed E-state index contributed by atoms with van der Waals surface area (Å²) in [7, 11) is 0. The van der Waals surface area contributed by atoms with Crippen LogP contribution in [0.1, 0.15) is 0 Å². The summed E-state index contributed by atoms with van der Waals surface area (Å²) >= 11 is 0. The van der Waals surface area contributed by atoms with Crippen LogP contribution >= 0.6 is 0 Å². The second-order valence-electron chi connectivity index (χ2n) is 8.33. The molecule has 10 heteroatoms. The van der Waals surface area contributed by atoms with Gasteiger partial charge in [0, 0.05) is 53.5 Å². The van der Waals surface area contributed by atoms with Gasteiger partial charge in [0.05, 0.1) is 0 Å². The van der Waals surface area contributed by atoms with Crippen molar-refractivity contribution >= 4 is 0 Å². The molecule has 0 aliphatic heterocycles. The molecule has 0 unspecified atom stereocenters. The van der Waals surface area contributed by atoms with Gasteiger partial charge in [-0.15, -0.1) is 53.1 Å². The number of nitrogens with zero attached hydrogens (tertiary/aromatic N) is 3. The zero-order valence-electron chi connectivity index (χ0n) is 21.8. The molecule has 0 amide bonds. The van der Waals surface area contributed by atoms with E-state index in [1.807, 2.05) is 0 Å². The van der Waals surface area contributed by atoms with Gasteiger partial charge in [-0.05, 0) is 35.3 Å². The summed E-state index contributed by atoms with van der Waals surface area (Å²) in [5, 5.41) is 0. The topological polar surface area (TPSA) is 38.7 Å². The van der Waals surface area contributed by atoms with E-state index in [-0.39, 0.29) is 20.1 Å². The first-order valence-corrected chi connectivity index (χ1v) is 12.2. The van der Waals surface area contributed by atoms with Crippen LogP contribution in [0.3, 0.4) is 0 Å². The summed E-state index contributed by atoms with van der Waals surface area (Å²) in [6.45, 7) is 0. The maximum atomic E-state index is 12.8. The summed E-state index contributed by atoms with van der Waals surface area (Å²) < 4.78 is 76.8. The van der Waals surface area contributed by atoms with Gasteiger partial charge in [0.25, 0.3) is 0 Å². The van der Waals surface area contributed by atoms with E-state index in [2.05, 4.69) is 33.2 Å². The van der Waals surface area contributed by atoms with Crippen molar-refractivity contribution in [3.8, 4) is 33.8 Å². The summed E-state index contributed by atoms with van der Waals surface area (Å²) in [6.07, 6.45) is 4.68. The number of aromatic nitrogens is 3. The molecule has 0 radical (unpaired) electrons. The Balaban J connectivity index is 0.000000175. The number of benzene rings is 3. The van der Waals surface area contributed by atoms with Gasteiger partial charge in [0.2, 0.25) is 0 Å². The van der Waals surface area contributed by atoms with E-state index >= 15 is 0 Å². The van der Waals surface area contributed by atoms with Crippen LogP contribution in [0.4, 0.5) is 26.3 Å². The first kappa shape index (κ1) is 32.8. The minimum Gasteiger partial charge on any atom is -0.305 e. The maximum absolute atomic E-state index is 12.8. The van der Waals surface area contributed by atoms with Crippen molar-refractivity contribution in [3.63, 3.8) is 0 Å². The van der Waals surface area contributed by atoms with Crippen LogP contribution in [-0.2, 0) is 20.1 Å². The molecule has 0 spiro atoms. The molecule has 0 saturated carbocycles. The fourth-order valence-electron chi connectivity index (χ4n) is 3.48. The maximum Gasteiger partial charge on any atom is 3.00 e. The Hall–Kier alpha value is -4.66. The number of rotatable bonds is 3. The van der Waals surface area contributed by atoms with Crippen LogP contribution in [-0.4, -0.2) is 15.0 Å². The molecule has 0 bridgehead atoms. The molecule has 43 heavy (non-hydrogen) atoms. The molecule has 3 heterocycles. The molecule has 3 nitrogen and oxygen atoms in total. The summed E-state index contributed by atoms with van der Waals surface area (Å²) in [5.74, 6) is -4.02. The Bertz CT molecular complexity index is 1470. The molecule has 0 saturated heterocycles. The molecule has 3 aromatic carbocycles. The smallest absolute Gasteiger partial charge is 0.305 e. The van der Waals surface area contributed by atoms with Gasteiger partial charge in [-0.2, -0.15) is 0 Å². The van der Waals surface area contributed by atoms with E-state index in [1.54, 1.807) is 73.2 Å². The number of halogens is 6. The van der Waals surface area contributed by atoms with Crippen molar-refractivity contribution in [2.75, 3.05) is 0 Å². The Morgan fingerprint density at radius 2 is 0.674 bits per heavy atom. The minimum atomic E-state index is -0.717. The predicted molar refractivity (Wildman–Crippen MR) is 145 cm³/mol. The molecule has 0 fully saturated rings. The molecule has 0 N–H and O–H groups in total.